The number of methoxy groups -OCH3 is 1. The standard InChI is InChI=1S/C22H19F3N4O2/c1-31-15-4-2-3-13(9-15)16-6-5-14(18-12-28-8-7-17(16)18)11-29-21(30)19(26)10-20(27)22(23,24)25/h2-10,12,27H,11,26H2,1H3,(H,29,30)/b19-10-,27-20?. The van der Waals surface area contributed by atoms with E-state index >= 15 is 0 Å². The van der Waals surface area contributed by atoms with Crippen molar-refractivity contribution in [1.29, 1.82) is 5.41 Å². The molecule has 0 unspecified atom stereocenters. The molecule has 0 atom stereocenters. The molecule has 0 saturated heterocycles. The van der Waals surface area contributed by atoms with Gasteiger partial charge in [0.05, 0.1) is 12.8 Å². The van der Waals surface area contributed by atoms with Gasteiger partial charge in [-0.15, -0.1) is 0 Å². The van der Waals surface area contributed by atoms with Crippen molar-refractivity contribution in [3.05, 3.63) is 72.2 Å². The van der Waals surface area contributed by atoms with Crippen LogP contribution < -0.4 is 15.8 Å². The van der Waals surface area contributed by atoms with Gasteiger partial charge in [0, 0.05) is 24.3 Å². The highest BCUT2D eigenvalue weighted by molar-refractivity contribution is 6.04. The monoisotopic (exact) mass is 428 g/mol. The van der Waals surface area contributed by atoms with Gasteiger partial charge in [0.2, 0.25) is 0 Å². The molecule has 4 N–H and O–H groups in total. The zero-order chi connectivity index (χ0) is 22.6. The molecule has 1 aromatic heterocycles. The number of benzene rings is 2. The van der Waals surface area contributed by atoms with Crippen LogP contribution in [0.5, 0.6) is 5.75 Å². The number of carbonyl (C=O) groups excluding carboxylic acids is 1. The molecule has 2 aromatic carbocycles. The fourth-order valence-corrected chi connectivity index (χ4v) is 3.03. The average molecular weight is 428 g/mol. The fourth-order valence-electron chi connectivity index (χ4n) is 3.03. The van der Waals surface area contributed by atoms with E-state index in [1.165, 1.54) is 0 Å². The van der Waals surface area contributed by atoms with Crippen LogP contribution in [0.15, 0.2) is 66.6 Å². The highest BCUT2D eigenvalue weighted by atomic mass is 19.4. The summed E-state index contributed by atoms with van der Waals surface area (Å²) >= 11 is 0. The summed E-state index contributed by atoms with van der Waals surface area (Å²) in [4.78, 5) is 16.2. The van der Waals surface area contributed by atoms with Crippen molar-refractivity contribution in [2.45, 2.75) is 12.7 Å². The number of amides is 1. The molecule has 3 rings (SSSR count). The van der Waals surface area contributed by atoms with E-state index in [4.69, 9.17) is 15.9 Å². The van der Waals surface area contributed by atoms with Gasteiger partial charge < -0.3 is 15.8 Å². The quantitative estimate of drug-likeness (QED) is 0.409. The second-order valence-electron chi connectivity index (χ2n) is 6.62. The third-order valence-corrected chi connectivity index (χ3v) is 4.60. The van der Waals surface area contributed by atoms with Crippen LogP contribution in [0, 0.1) is 5.41 Å². The van der Waals surface area contributed by atoms with Crippen molar-refractivity contribution in [2.75, 3.05) is 7.11 Å². The summed E-state index contributed by atoms with van der Waals surface area (Å²) in [5, 5.41) is 11.1. The summed E-state index contributed by atoms with van der Waals surface area (Å²) in [6.45, 7) is 0.0211. The summed E-state index contributed by atoms with van der Waals surface area (Å²) in [6.07, 6.45) is -1.28. The molecule has 0 spiro atoms. The molecule has 31 heavy (non-hydrogen) atoms. The lowest BCUT2D eigenvalue weighted by molar-refractivity contribution is -0.117. The van der Waals surface area contributed by atoms with E-state index in [2.05, 4.69) is 10.3 Å². The minimum absolute atomic E-state index is 0.0211. The fraction of sp³-hybridized carbons (Fsp3) is 0.136. The highest BCUT2D eigenvalue weighted by Gasteiger charge is 2.33. The first-order valence-corrected chi connectivity index (χ1v) is 9.12. The van der Waals surface area contributed by atoms with Crippen molar-refractivity contribution in [3.63, 3.8) is 0 Å². The summed E-state index contributed by atoms with van der Waals surface area (Å²) in [5.74, 6) is -0.189. The molecule has 0 fully saturated rings. The van der Waals surface area contributed by atoms with Crippen LogP contribution in [-0.2, 0) is 11.3 Å². The maximum Gasteiger partial charge on any atom is 0.432 e. The maximum absolute atomic E-state index is 12.5. The highest BCUT2D eigenvalue weighted by Crippen LogP contribution is 2.32. The summed E-state index contributed by atoms with van der Waals surface area (Å²) < 4.78 is 42.6. The van der Waals surface area contributed by atoms with E-state index in [0.717, 1.165) is 21.9 Å². The van der Waals surface area contributed by atoms with Crippen molar-refractivity contribution >= 4 is 22.4 Å². The number of carbonyl (C=O) groups is 1. The summed E-state index contributed by atoms with van der Waals surface area (Å²) in [7, 11) is 1.59. The Labute approximate surface area is 176 Å². The van der Waals surface area contributed by atoms with Crippen LogP contribution in [0.25, 0.3) is 21.9 Å². The number of rotatable bonds is 6. The van der Waals surface area contributed by atoms with Gasteiger partial charge in [-0.3, -0.25) is 15.2 Å². The van der Waals surface area contributed by atoms with E-state index in [1.807, 2.05) is 36.4 Å². The second kappa shape index (κ2) is 8.86. The average Bonchev–Trinajstić information content (AvgIpc) is 2.76. The minimum Gasteiger partial charge on any atom is -0.497 e. The number of nitrogens with zero attached hydrogens (tertiary/aromatic N) is 1. The minimum atomic E-state index is -4.87. The number of hydrogen-bond acceptors (Lipinski definition) is 5. The lowest BCUT2D eigenvalue weighted by atomic mass is 9.96. The zero-order valence-electron chi connectivity index (χ0n) is 16.5. The Kier molecular flexibility index (Phi) is 6.24. The lowest BCUT2D eigenvalue weighted by Gasteiger charge is -2.13. The second-order valence-corrected chi connectivity index (χ2v) is 6.62. The third kappa shape index (κ3) is 5.00. The Morgan fingerprint density at radius 1 is 1.23 bits per heavy atom. The first-order valence-electron chi connectivity index (χ1n) is 9.12. The van der Waals surface area contributed by atoms with Gasteiger partial charge >= 0.3 is 6.18 Å². The Bertz CT molecular complexity index is 1170. The molecule has 0 saturated carbocycles. The number of aromatic nitrogens is 1. The number of alkyl halides is 3. The molecule has 0 bridgehead atoms. The third-order valence-electron chi connectivity index (χ3n) is 4.60. The number of allylic oxidation sites excluding steroid dienone is 1. The molecule has 0 aliphatic rings. The number of ether oxygens (including phenoxy) is 1. The van der Waals surface area contributed by atoms with Crippen LogP contribution in [-0.4, -0.2) is 29.9 Å². The van der Waals surface area contributed by atoms with E-state index in [-0.39, 0.29) is 6.54 Å². The molecule has 160 valence electrons. The van der Waals surface area contributed by atoms with E-state index in [9.17, 15) is 18.0 Å². The maximum atomic E-state index is 12.5. The Morgan fingerprint density at radius 3 is 2.71 bits per heavy atom. The van der Waals surface area contributed by atoms with Gasteiger partial charge in [0.15, 0.2) is 0 Å². The number of pyridine rings is 1. The number of halogens is 3. The van der Waals surface area contributed by atoms with Crippen molar-refractivity contribution in [1.82, 2.24) is 10.3 Å². The Hall–Kier alpha value is -3.88. The number of hydrogen-bond donors (Lipinski definition) is 3. The van der Waals surface area contributed by atoms with Crippen LogP contribution in [0.3, 0.4) is 0 Å². The smallest absolute Gasteiger partial charge is 0.432 e. The van der Waals surface area contributed by atoms with Gasteiger partial charge in [-0.2, -0.15) is 13.2 Å². The van der Waals surface area contributed by atoms with Crippen LogP contribution in [0.1, 0.15) is 5.56 Å². The number of fused-ring (bicyclic) bond motifs is 1. The molecule has 6 nitrogen and oxygen atoms in total. The predicted molar refractivity (Wildman–Crippen MR) is 112 cm³/mol. The first kappa shape index (κ1) is 21.8. The SMILES string of the molecule is COc1cccc(-c2ccc(CNC(=O)/C(N)=C/C(=N)C(F)(F)F)c3cnccc23)c1. The molecule has 0 aliphatic carbocycles. The largest absolute Gasteiger partial charge is 0.497 e. The lowest BCUT2D eigenvalue weighted by Crippen LogP contribution is -2.30. The van der Waals surface area contributed by atoms with Gasteiger partial charge in [-0.1, -0.05) is 24.3 Å². The predicted octanol–water partition coefficient (Wildman–Crippen LogP) is 3.95. The van der Waals surface area contributed by atoms with Gasteiger partial charge in [0.1, 0.15) is 11.5 Å². The van der Waals surface area contributed by atoms with Gasteiger partial charge in [-0.25, -0.2) is 0 Å². The van der Waals surface area contributed by atoms with Crippen molar-refractivity contribution in [3.8, 4) is 16.9 Å². The molecule has 1 heterocycles. The Morgan fingerprint density at radius 2 is 2.00 bits per heavy atom. The molecule has 0 radical (unpaired) electrons. The zero-order valence-corrected chi connectivity index (χ0v) is 16.5. The van der Waals surface area contributed by atoms with Gasteiger partial charge in [-0.05, 0) is 46.4 Å². The molecule has 3 aromatic rings. The van der Waals surface area contributed by atoms with Crippen LogP contribution in [0.4, 0.5) is 13.2 Å². The topological polar surface area (TPSA) is 101 Å². The summed E-state index contributed by atoms with van der Waals surface area (Å²) in [5.41, 5.74) is 5.59. The number of nitrogens with one attached hydrogen (secondary N) is 2. The number of nitrogens with two attached hydrogens (primary N) is 1. The van der Waals surface area contributed by atoms with Gasteiger partial charge in [0.25, 0.3) is 5.91 Å². The van der Waals surface area contributed by atoms with Crippen LogP contribution in [0.2, 0.25) is 0 Å². The summed E-state index contributed by atoms with van der Waals surface area (Å²) in [6, 6.07) is 13.1. The van der Waals surface area contributed by atoms with E-state index < -0.39 is 23.5 Å². The van der Waals surface area contributed by atoms with Crippen LogP contribution >= 0.6 is 0 Å². The Balaban J connectivity index is 1.87. The molecule has 0 aliphatic heterocycles. The molecular weight excluding hydrogens is 409 g/mol. The molecular formula is C22H19F3N4O2. The van der Waals surface area contributed by atoms with Crippen molar-refractivity contribution < 1.29 is 22.7 Å². The van der Waals surface area contributed by atoms with Crippen molar-refractivity contribution in [2.24, 2.45) is 5.73 Å². The van der Waals surface area contributed by atoms with E-state index in [1.54, 1.807) is 25.6 Å². The molecule has 1 amide bonds. The normalized spacial score (nSPS) is 11.9. The first-order chi connectivity index (χ1) is 14.7. The van der Waals surface area contributed by atoms with E-state index in [0.29, 0.717) is 17.4 Å². The molecule has 9 heteroatoms.